The molecule has 0 aliphatic heterocycles. The first-order valence-corrected chi connectivity index (χ1v) is 29.6. The third-order valence-corrected chi connectivity index (χ3v) is 11.7. The average molecular weight is 1030 g/mol. The lowest BCUT2D eigenvalue weighted by atomic mass is 10.1. The molecule has 6 nitrogen and oxygen atoms in total. The van der Waals surface area contributed by atoms with Gasteiger partial charge in [-0.1, -0.05) is 242 Å². The molecule has 0 fully saturated rings. The van der Waals surface area contributed by atoms with Gasteiger partial charge in [0.25, 0.3) is 0 Å². The summed E-state index contributed by atoms with van der Waals surface area (Å²) in [4.78, 5) is 37.8. The van der Waals surface area contributed by atoms with Gasteiger partial charge in [0.15, 0.2) is 6.10 Å². The highest BCUT2D eigenvalue weighted by Gasteiger charge is 2.19. The number of hydrogen-bond acceptors (Lipinski definition) is 6. The number of unbranched alkanes of at least 4 members (excludes halogenated alkanes) is 12. The first kappa shape index (κ1) is 69.8. The lowest BCUT2D eigenvalue weighted by molar-refractivity contribution is -0.167. The second kappa shape index (κ2) is 61.3. The lowest BCUT2D eigenvalue weighted by Crippen LogP contribution is -2.30. The molecule has 0 radical (unpaired) electrons. The SMILES string of the molecule is CC/C=C\C/C=C\C/C=C\C/C=C\C/C=C\C/C=C\C/C=C\C/C=C\C/C=C\CCCCCCCC(=O)OCC(COC(=O)CCCCCCC)OC(=O)CCCCC/C=C\C/C=C\C/C=C\C/C=C\C/C=C\CC. The normalized spacial score (nSPS) is 13.4. The monoisotopic (exact) mass is 1030 g/mol. The van der Waals surface area contributed by atoms with Crippen molar-refractivity contribution in [3.63, 3.8) is 0 Å². The Balaban J connectivity index is 4.21. The largest absolute Gasteiger partial charge is 0.462 e. The Labute approximate surface area is 460 Å². The molecule has 0 rings (SSSR count). The van der Waals surface area contributed by atoms with Crippen molar-refractivity contribution in [2.24, 2.45) is 0 Å². The predicted molar refractivity (Wildman–Crippen MR) is 325 cm³/mol. The summed E-state index contributed by atoms with van der Waals surface area (Å²) in [6, 6.07) is 0. The molecule has 0 aromatic heterocycles. The van der Waals surface area contributed by atoms with E-state index in [1.165, 1.54) is 0 Å². The van der Waals surface area contributed by atoms with Gasteiger partial charge in [0.1, 0.15) is 13.2 Å². The minimum atomic E-state index is -0.809. The second-order valence-corrected chi connectivity index (χ2v) is 18.8. The Morgan fingerprint density at radius 3 is 0.827 bits per heavy atom. The molecule has 0 aliphatic rings. The van der Waals surface area contributed by atoms with Crippen molar-refractivity contribution in [3.8, 4) is 0 Å². The van der Waals surface area contributed by atoms with Gasteiger partial charge in [-0.05, 0) is 135 Å². The molecule has 0 aromatic rings. The Kier molecular flexibility index (Phi) is 57.0. The summed E-state index contributed by atoms with van der Waals surface area (Å²) in [5.74, 6) is -0.984. The van der Waals surface area contributed by atoms with Gasteiger partial charge in [0.2, 0.25) is 0 Å². The van der Waals surface area contributed by atoms with Crippen LogP contribution in [0.3, 0.4) is 0 Å². The fourth-order valence-electron chi connectivity index (χ4n) is 7.34. The fraction of sp³-hybridized carbons (Fsp3) is 0.551. The zero-order valence-corrected chi connectivity index (χ0v) is 47.7. The van der Waals surface area contributed by atoms with Gasteiger partial charge in [-0.3, -0.25) is 14.4 Å². The number of rotatable bonds is 51. The average Bonchev–Trinajstić information content (AvgIpc) is 3.41. The Bertz CT molecular complexity index is 1750. The topological polar surface area (TPSA) is 78.9 Å². The molecule has 0 N–H and O–H groups in total. The highest BCUT2D eigenvalue weighted by molar-refractivity contribution is 5.71. The maximum Gasteiger partial charge on any atom is 0.306 e. The third-order valence-electron chi connectivity index (χ3n) is 11.7. The summed E-state index contributed by atoms with van der Waals surface area (Å²) in [5, 5.41) is 0. The van der Waals surface area contributed by atoms with Crippen LogP contribution in [-0.2, 0) is 28.6 Å². The molecule has 1 atom stereocenters. The van der Waals surface area contributed by atoms with Gasteiger partial charge in [-0.2, -0.15) is 0 Å². The molecular weight excluding hydrogens is 925 g/mol. The molecule has 0 spiro atoms. The van der Waals surface area contributed by atoms with E-state index in [9.17, 15) is 14.4 Å². The summed E-state index contributed by atoms with van der Waals surface area (Å²) in [6.07, 6.45) is 91.1. The summed E-state index contributed by atoms with van der Waals surface area (Å²) in [5.41, 5.74) is 0. The second-order valence-electron chi connectivity index (χ2n) is 18.8. The number of ether oxygens (including phenoxy) is 3. The highest BCUT2D eigenvalue weighted by atomic mass is 16.6. The van der Waals surface area contributed by atoms with Crippen molar-refractivity contribution in [2.45, 2.75) is 232 Å². The van der Waals surface area contributed by atoms with Gasteiger partial charge in [0.05, 0.1) is 0 Å². The van der Waals surface area contributed by atoms with Crippen LogP contribution in [0.4, 0.5) is 0 Å². The van der Waals surface area contributed by atoms with E-state index in [0.717, 1.165) is 180 Å². The molecule has 0 saturated carbocycles. The summed E-state index contributed by atoms with van der Waals surface area (Å²) >= 11 is 0. The van der Waals surface area contributed by atoms with Crippen LogP contribution >= 0.6 is 0 Å². The van der Waals surface area contributed by atoms with Crippen molar-refractivity contribution in [2.75, 3.05) is 13.2 Å². The van der Waals surface area contributed by atoms with E-state index >= 15 is 0 Å². The predicted octanol–water partition coefficient (Wildman–Crippen LogP) is 20.3. The lowest BCUT2D eigenvalue weighted by Gasteiger charge is -2.18. The molecule has 0 saturated heterocycles. The molecule has 6 heteroatoms. The standard InChI is InChI=1S/C69H106O6/c1-4-7-10-13-15-17-19-21-23-25-27-28-29-30-31-32-33-34-35-36-37-38-39-40-42-43-45-47-49-51-53-56-59-62-68(71)74-65-66(64-73-67(70)61-58-55-12-9-6-3)75-69(72)63-60-57-54-52-50-48-46-44-41-26-24-22-20-18-16-14-11-8-5-2/h7-8,10-11,15-18,21-24,27-28,30-31,33-34,36-37,39-41,43-45,48,50,66H,4-6,9,12-14,19-20,25-26,29,32,35,38,42,46-47,49,51-65H2,1-3H3/b10-7-,11-8-,17-15-,18-16-,23-21-,24-22-,28-27-,31-30-,34-33-,37-36-,40-39-,44-41-,45-43-,50-48-. The van der Waals surface area contributed by atoms with Crippen LogP contribution in [0.1, 0.15) is 226 Å². The van der Waals surface area contributed by atoms with E-state index in [1.807, 2.05) is 0 Å². The minimum Gasteiger partial charge on any atom is -0.462 e. The van der Waals surface area contributed by atoms with Gasteiger partial charge < -0.3 is 14.2 Å². The van der Waals surface area contributed by atoms with Crippen LogP contribution in [0.2, 0.25) is 0 Å². The van der Waals surface area contributed by atoms with E-state index in [4.69, 9.17) is 14.2 Å². The van der Waals surface area contributed by atoms with E-state index in [2.05, 4.69) is 191 Å². The van der Waals surface area contributed by atoms with Gasteiger partial charge in [0, 0.05) is 19.3 Å². The summed E-state index contributed by atoms with van der Waals surface area (Å²) < 4.78 is 16.7. The molecule has 0 aromatic carbocycles. The van der Waals surface area contributed by atoms with E-state index in [-0.39, 0.29) is 37.5 Å². The summed E-state index contributed by atoms with van der Waals surface area (Å²) in [6.45, 7) is 6.26. The van der Waals surface area contributed by atoms with Crippen molar-refractivity contribution in [1.29, 1.82) is 0 Å². The molecule has 0 bridgehead atoms. The highest BCUT2D eigenvalue weighted by Crippen LogP contribution is 2.12. The zero-order chi connectivity index (χ0) is 54.3. The Morgan fingerprint density at radius 1 is 0.280 bits per heavy atom. The van der Waals surface area contributed by atoms with Crippen molar-refractivity contribution in [3.05, 3.63) is 170 Å². The van der Waals surface area contributed by atoms with Gasteiger partial charge >= 0.3 is 17.9 Å². The fourth-order valence-corrected chi connectivity index (χ4v) is 7.34. The van der Waals surface area contributed by atoms with Crippen LogP contribution in [-0.4, -0.2) is 37.2 Å². The molecule has 75 heavy (non-hydrogen) atoms. The van der Waals surface area contributed by atoms with Crippen molar-refractivity contribution >= 4 is 17.9 Å². The number of hydrogen-bond donors (Lipinski definition) is 0. The number of allylic oxidation sites excluding steroid dienone is 28. The van der Waals surface area contributed by atoms with Gasteiger partial charge in [-0.25, -0.2) is 0 Å². The zero-order valence-electron chi connectivity index (χ0n) is 47.7. The van der Waals surface area contributed by atoms with Crippen molar-refractivity contribution in [1.82, 2.24) is 0 Å². The van der Waals surface area contributed by atoms with Crippen LogP contribution < -0.4 is 0 Å². The first-order chi connectivity index (χ1) is 37.0. The maximum absolute atomic E-state index is 12.8. The van der Waals surface area contributed by atoms with Gasteiger partial charge in [-0.15, -0.1) is 0 Å². The smallest absolute Gasteiger partial charge is 0.306 e. The van der Waals surface area contributed by atoms with Crippen LogP contribution in [0.5, 0.6) is 0 Å². The molecule has 0 heterocycles. The quantitative estimate of drug-likeness (QED) is 0.0261. The molecular formula is C69H106O6. The van der Waals surface area contributed by atoms with Crippen LogP contribution in [0.25, 0.3) is 0 Å². The molecule has 1 unspecified atom stereocenters. The Morgan fingerprint density at radius 2 is 0.520 bits per heavy atom. The first-order valence-electron chi connectivity index (χ1n) is 29.6. The van der Waals surface area contributed by atoms with E-state index in [0.29, 0.717) is 19.3 Å². The van der Waals surface area contributed by atoms with E-state index < -0.39 is 6.10 Å². The summed E-state index contributed by atoms with van der Waals surface area (Å²) in [7, 11) is 0. The maximum atomic E-state index is 12.8. The molecule has 0 aliphatic carbocycles. The van der Waals surface area contributed by atoms with Crippen LogP contribution in [0, 0.1) is 0 Å². The van der Waals surface area contributed by atoms with E-state index in [1.54, 1.807) is 0 Å². The Hall–Kier alpha value is -5.23. The minimum absolute atomic E-state index is 0.106. The van der Waals surface area contributed by atoms with Crippen molar-refractivity contribution < 1.29 is 28.6 Å². The number of carbonyl (C=O) groups is 3. The van der Waals surface area contributed by atoms with Crippen LogP contribution in [0.15, 0.2) is 170 Å². The molecule has 418 valence electrons. The third kappa shape index (κ3) is 59.5. The molecule has 0 amide bonds. The number of esters is 3. The number of carbonyl (C=O) groups excluding carboxylic acids is 3.